The summed E-state index contributed by atoms with van der Waals surface area (Å²) < 4.78 is 15.5. The van der Waals surface area contributed by atoms with E-state index in [1.54, 1.807) is 7.11 Å². The number of nitrogens with two attached hydrogens (primary N) is 1. The second-order valence-corrected chi connectivity index (χ2v) is 4.26. The zero-order valence-corrected chi connectivity index (χ0v) is 11.6. The Morgan fingerprint density at radius 1 is 1.17 bits per heavy atom. The molecule has 7 heteroatoms. The van der Waals surface area contributed by atoms with Crippen LogP contribution in [0.2, 0.25) is 10.0 Å². The molecule has 0 bridgehead atoms. The highest BCUT2D eigenvalue weighted by molar-refractivity contribution is 6.36. The minimum absolute atomic E-state index is 0.201. The van der Waals surface area contributed by atoms with Crippen LogP contribution in [-0.4, -0.2) is 38.5 Å². The molecule has 1 heterocycles. The van der Waals surface area contributed by atoms with Gasteiger partial charge in [0, 0.05) is 20.1 Å². The number of rotatable bonds is 8. The molecule has 0 atom stereocenters. The molecule has 2 N–H and O–H groups in total. The van der Waals surface area contributed by atoms with Gasteiger partial charge in [0.2, 0.25) is 5.88 Å². The van der Waals surface area contributed by atoms with Gasteiger partial charge in [-0.1, -0.05) is 23.2 Å². The van der Waals surface area contributed by atoms with Gasteiger partial charge in [-0.2, -0.15) is 4.98 Å². The quantitative estimate of drug-likeness (QED) is 0.746. The van der Waals surface area contributed by atoms with Crippen molar-refractivity contribution in [3.8, 4) is 5.88 Å². The fourth-order valence-electron chi connectivity index (χ4n) is 1.14. The van der Waals surface area contributed by atoms with Crippen molar-refractivity contribution in [3.63, 3.8) is 0 Å². The van der Waals surface area contributed by atoms with Gasteiger partial charge in [0.05, 0.1) is 24.8 Å². The number of nitrogen functional groups attached to an aromatic ring is 1. The second-order valence-electron chi connectivity index (χ2n) is 3.45. The number of anilines is 1. The number of methoxy groups -OCH3 is 1. The normalized spacial score (nSPS) is 10.6. The Bertz CT molecular complexity index is 378. The highest BCUT2D eigenvalue weighted by atomic mass is 35.5. The molecule has 0 unspecified atom stereocenters. The predicted octanol–water partition coefficient (Wildman–Crippen LogP) is 2.40. The van der Waals surface area contributed by atoms with Crippen LogP contribution in [0.25, 0.3) is 0 Å². The van der Waals surface area contributed by atoms with Crippen LogP contribution >= 0.6 is 23.2 Å². The molecule has 0 aromatic carbocycles. The summed E-state index contributed by atoms with van der Waals surface area (Å²) in [6.07, 6.45) is 0.726. The molecular weight excluding hydrogens is 279 g/mol. The van der Waals surface area contributed by atoms with Gasteiger partial charge in [0.1, 0.15) is 10.8 Å². The SMILES string of the molecule is COCCOCCCOc1nc(N)c(Cl)cc1Cl. The molecule has 0 fully saturated rings. The van der Waals surface area contributed by atoms with Gasteiger partial charge in [0.15, 0.2) is 0 Å². The van der Waals surface area contributed by atoms with Gasteiger partial charge < -0.3 is 19.9 Å². The summed E-state index contributed by atoms with van der Waals surface area (Å²) in [6, 6.07) is 1.51. The molecule has 0 amide bonds. The van der Waals surface area contributed by atoms with Crippen LogP contribution in [0.15, 0.2) is 6.07 Å². The molecule has 0 aliphatic carbocycles. The third kappa shape index (κ3) is 5.27. The zero-order valence-electron chi connectivity index (χ0n) is 10.1. The Balaban J connectivity index is 2.25. The smallest absolute Gasteiger partial charge is 0.234 e. The van der Waals surface area contributed by atoms with Crippen LogP contribution in [0.3, 0.4) is 0 Å². The Morgan fingerprint density at radius 3 is 2.67 bits per heavy atom. The van der Waals surface area contributed by atoms with Crippen molar-refractivity contribution in [1.82, 2.24) is 4.98 Å². The van der Waals surface area contributed by atoms with Crippen LogP contribution in [-0.2, 0) is 9.47 Å². The average Bonchev–Trinajstić information content (AvgIpc) is 2.34. The van der Waals surface area contributed by atoms with Crippen molar-refractivity contribution >= 4 is 29.0 Å². The first-order valence-corrected chi connectivity index (χ1v) is 6.21. The number of pyridine rings is 1. The predicted molar refractivity (Wildman–Crippen MR) is 71.5 cm³/mol. The number of hydrogen-bond acceptors (Lipinski definition) is 5. The lowest BCUT2D eigenvalue weighted by molar-refractivity contribution is 0.0642. The number of hydrogen-bond donors (Lipinski definition) is 1. The van der Waals surface area contributed by atoms with Crippen molar-refractivity contribution in [2.24, 2.45) is 0 Å². The standard InChI is InChI=1S/C11H16Cl2N2O3/c1-16-5-6-17-3-2-4-18-11-9(13)7-8(12)10(14)15-11/h7H,2-6H2,1H3,(H2,14,15). The maximum atomic E-state index is 5.91. The molecule has 5 nitrogen and oxygen atoms in total. The fraction of sp³-hybridized carbons (Fsp3) is 0.545. The third-order valence-electron chi connectivity index (χ3n) is 2.03. The lowest BCUT2D eigenvalue weighted by Gasteiger charge is -2.08. The Morgan fingerprint density at radius 2 is 1.94 bits per heavy atom. The Hall–Kier alpha value is -0.750. The van der Waals surface area contributed by atoms with E-state index in [1.807, 2.05) is 0 Å². The molecule has 0 saturated carbocycles. The number of aromatic nitrogens is 1. The van der Waals surface area contributed by atoms with Crippen LogP contribution in [0.4, 0.5) is 5.82 Å². The molecule has 0 saturated heterocycles. The summed E-state index contributed by atoms with van der Waals surface area (Å²) in [5.74, 6) is 0.489. The second kappa shape index (κ2) is 8.37. The van der Waals surface area contributed by atoms with Crippen LogP contribution < -0.4 is 10.5 Å². The molecule has 102 valence electrons. The summed E-state index contributed by atoms with van der Waals surface area (Å²) in [5, 5.41) is 0.657. The minimum Gasteiger partial charge on any atom is -0.476 e. The van der Waals surface area contributed by atoms with Crippen LogP contribution in [0.1, 0.15) is 6.42 Å². The number of ether oxygens (including phenoxy) is 3. The topological polar surface area (TPSA) is 66.6 Å². The highest BCUT2D eigenvalue weighted by Gasteiger charge is 2.07. The lowest BCUT2D eigenvalue weighted by Crippen LogP contribution is -2.08. The van der Waals surface area contributed by atoms with Gasteiger partial charge in [-0.3, -0.25) is 0 Å². The fourth-order valence-corrected chi connectivity index (χ4v) is 1.55. The largest absolute Gasteiger partial charge is 0.476 e. The van der Waals surface area contributed by atoms with E-state index in [1.165, 1.54) is 6.07 Å². The zero-order chi connectivity index (χ0) is 13.4. The first-order valence-electron chi connectivity index (χ1n) is 5.46. The summed E-state index contributed by atoms with van der Waals surface area (Å²) >= 11 is 11.7. The third-order valence-corrected chi connectivity index (χ3v) is 2.60. The summed E-state index contributed by atoms with van der Waals surface area (Å²) in [6.45, 7) is 2.19. The van der Waals surface area contributed by atoms with Crippen LogP contribution in [0, 0.1) is 0 Å². The molecule has 18 heavy (non-hydrogen) atoms. The molecule has 0 aliphatic rings. The maximum Gasteiger partial charge on any atom is 0.234 e. The van der Waals surface area contributed by atoms with Crippen molar-refractivity contribution < 1.29 is 14.2 Å². The molecule has 1 aromatic heterocycles. The maximum absolute atomic E-state index is 5.91. The Kier molecular flexibility index (Phi) is 7.12. The molecule has 1 aromatic rings. The number of halogens is 2. The van der Waals surface area contributed by atoms with E-state index in [9.17, 15) is 0 Å². The Labute approximate surface area is 116 Å². The van der Waals surface area contributed by atoms with Gasteiger partial charge in [-0.25, -0.2) is 0 Å². The van der Waals surface area contributed by atoms with Gasteiger partial charge in [-0.15, -0.1) is 0 Å². The molecule has 1 rings (SSSR count). The van der Waals surface area contributed by atoms with Crippen molar-refractivity contribution in [3.05, 3.63) is 16.1 Å². The first kappa shape index (κ1) is 15.3. The van der Waals surface area contributed by atoms with Gasteiger partial charge in [0.25, 0.3) is 0 Å². The summed E-state index contributed by atoms with van der Waals surface area (Å²) in [4.78, 5) is 3.95. The molecule has 0 spiro atoms. The van der Waals surface area contributed by atoms with Crippen molar-refractivity contribution in [1.29, 1.82) is 0 Å². The number of nitrogens with zero attached hydrogens (tertiary/aromatic N) is 1. The van der Waals surface area contributed by atoms with E-state index in [4.69, 9.17) is 43.1 Å². The van der Waals surface area contributed by atoms with E-state index in [2.05, 4.69) is 4.98 Å². The van der Waals surface area contributed by atoms with Crippen LogP contribution in [0.5, 0.6) is 5.88 Å². The highest BCUT2D eigenvalue weighted by Crippen LogP contribution is 2.28. The monoisotopic (exact) mass is 294 g/mol. The van der Waals surface area contributed by atoms with Gasteiger partial charge in [-0.05, 0) is 6.07 Å². The van der Waals surface area contributed by atoms with E-state index in [0.717, 1.165) is 6.42 Å². The first-order chi connectivity index (χ1) is 8.65. The van der Waals surface area contributed by atoms with E-state index in [0.29, 0.717) is 36.5 Å². The summed E-state index contributed by atoms with van der Waals surface area (Å²) in [5.41, 5.74) is 5.55. The van der Waals surface area contributed by atoms with E-state index >= 15 is 0 Å². The molecule has 0 aliphatic heterocycles. The van der Waals surface area contributed by atoms with Crippen molar-refractivity contribution in [2.75, 3.05) is 39.3 Å². The molecule has 0 radical (unpaired) electrons. The lowest BCUT2D eigenvalue weighted by atomic mass is 10.4. The van der Waals surface area contributed by atoms with E-state index in [-0.39, 0.29) is 11.7 Å². The average molecular weight is 295 g/mol. The van der Waals surface area contributed by atoms with Crippen molar-refractivity contribution in [2.45, 2.75) is 6.42 Å². The van der Waals surface area contributed by atoms with E-state index < -0.39 is 0 Å². The minimum atomic E-state index is 0.201. The van der Waals surface area contributed by atoms with Gasteiger partial charge >= 0.3 is 0 Å². The molecular formula is C11H16Cl2N2O3. The summed E-state index contributed by atoms with van der Waals surface area (Å²) in [7, 11) is 1.63.